The summed E-state index contributed by atoms with van der Waals surface area (Å²) in [4.78, 5) is 21.1. The van der Waals surface area contributed by atoms with E-state index in [1.165, 1.54) is 48.5 Å². The fourth-order valence-electron chi connectivity index (χ4n) is 12.9. The number of ether oxygens (including phenoxy) is 3. The van der Waals surface area contributed by atoms with E-state index in [9.17, 15) is 42.8 Å². The van der Waals surface area contributed by atoms with Gasteiger partial charge in [0.2, 0.25) is 30.1 Å². The van der Waals surface area contributed by atoms with Gasteiger partial charge in [-0.1, -0.05) is 113 Å². The fourth-order valence-corrected chi connectivity index (χ4v) is 15.7. The molecule has 700 valence electrons. The molecule has 7 aromatic carbocycles. The average Bonchev–Trinajstić information content (AvgIpc) is 1.61. The first-order valence-corrected chi connectivity index (χ1v) is 50.5. The predicted molar refractivity (Wildman–Crippen MR) is 543 cm³/mol. The Morgan fingerprint density at radius 1 is 0.485 bits per heavy atom. The molecule has 33 heteroatoms. The molecular weight excluding hydrogens is 2070 g/mol. The number of aliphatic hydroxyl groups excluding tert-OH is 2. The molecular formula is C101H102BBrF4I2N8O14S3. The second-order valence-corrected chi connectivity index (χ2v) is 38.7. The van der Waals surface area contributed by atoms with Gasteiger partial charge in [-0.15, -0.1) is 12.3 Å². The number of terminal acetylenes is 1. The van der Waals surface area contributed by atoms with Crippen LogP contribution in [0.5, 0.6) is 23.0 Å². The number of fused-ring (bicyclic) bond motifs is 4. The quantitative estimate of drug-likeness (QED) is 0.0172. The summed E-state index contributed by atoms with van der Waals surface area (Å²) < 4.78 is 161. The Morgan fingerprint density at radius 3 is 1.30 bits per heavy atom. The molecule has 22 nitrogen and oxygen atoms in total. The lowest BCUT2D eigenvalue weighted by Gasteiger charge is -2.32. The van der Waals surface area contributed by atoms with Crippen LogP contribution in [-0.2, 0) is 72.4 Å². The van der Waals surface area contributed by atoms with Crippen LogP contribution in [0.2, 0.25) is 0 Å². The van der Waals surface area contributed by atoms with Crippen LogP contribution in [0, 0.1) is 66.4 Å². The molecule has 3 aliphatic rings. The first-order valence-electron chi connectivity index (χ1n) is 41.9. The maximum absolute atomic E-state index is 13.9. The number of allylic oxidation sites excluding steroid dienone is 2. The van der Waals surface area contributed by atoms with Gasteiger partial charge in [-0.3, -0.25) is 24.1 Å². The number of aromatic hydroxyl groups is 1. The van der Waals surface area contributed by atoms with Crippen molar-refractivity contribution in [3.63, 3.8) is 0 Å². The van der Waals surface area contributed by atoms with E-state index in [4.69, 9.17) is 45.3 Å². The number of benzene rings is 7. The molecule has 0 aliphatic carbocycles. The number of aromatic nitrogens is 5. The minimum Gasteiger partial charge on any atom is -0.507 e. The summed E-state index contributed by atoms with van der Waals surface area (Å²) in [6, 6.07) is 57.6. The third-order valence-corrected chi connectivity index (χ3v) is 24.0. The van der Waals surface area contributed by atoms with Crippen molar-refractivity contribution in [1.29, 1.82) is 0 Å². The number of nitrogens with one attached hydrogen (secondary N) is 3. The zero-order valence-electron chi connectivity index (χ0n) is 75.7. The summed E-state index contributed by atoms with van der Waals surface area (Å²) in [5.74, 6) is 14.2. The van der Waals surface area contributed by atoms with Gasteiger partial charge in [-0.2, -0.15) is 0 Å². The maximum Gasteiger partial charge on any atom is 0.494 e. The largest absolute Gasteiger partial charge is 0.507 e. The van der Waals surface area contributed by atoms with Crippen LogP contribution in [0.25, 0.3) is 22.3 Å². The number of hydrogen-bond acceptors (Lipinski definition) is 19. The van der Waals surface area contributed by atoms with Gasteiger partial charge in [0, 0.05) is 131 Å². The topological polar surface area (TPSA) is 310 Å². The lowest BCUT2D eigenvalue weighted by atomic mass is 9.79. The van der Waals surface area contributed by atoms with Crippen molar-refractivity contribution in [3.05, 3.63) is 345 Å². The van der Waals surface area contributed by atoms with Crippen LogP contribution >= 0.6 is 61.1 Å². The van der Waals surface area contributed by atoms with Gasteiger partial charge in [0.05, 0.1) is 61.7 Å². The molecule has 134 heavy (non-hydrogen) atoms. The monoisotopic (exact) mass is 2170 g/mol. The molecule has 0 atom stereocenters. The lowest BCUT2D eigenvalue weighted by molar-refractivity contribution is 0.00578. The van der Waals surface area contributed by atoms with Crippen LogP contribution in [-0.4, -0.2) is 103 Å². The van der Waals surface area contributed by atoms with Gasteiger partial charge in [0.1, 0.15) is 82.1 Å². The second kappa shape index (κ2) is 51.8. The number of sulfonamides is 3. The van der Waals surface area contributed by atoms with E-state index >= 15 is 0 Å². The van der Waals surface area contributed by atoms with Gasteiger partial charge in [-0.25, -0.2) is 57.8 Å². The molecule has 0 spiro atoms. The summed E-state index contributed by atoms with van der Waals surface area (Å²) in [6.45, 7) is 18.7. The third kappa shape index (κ3) is 33.2. The van der Waals surface area contributed by atoms with Gasteiger partial charge in [-0.05, 0) is 268 Å². The molecule has 0 bridgehead atoms. The number of phenols is 1. The third-order valence-electron chi connectivity index (χ3n) is 19.6. The Balaban J connectivity index is 0.000000199. The van der Waals surface area contributed by atoms with Gasteiger partial charge in [0.25, 0.3) is 0 Å². The standard InChI is InChI=1S/2C23H21FN2O3S.C16H13FINO.C13H20BNO4S.C10H11NO.C6H6BrNO.C6H4FIO.C4H6/c2*1-3-18(15-6-4-7-17(12-15)26-30(2,27)28)23-19-8-5-11-25-21(19)14-29-22-13-16(24)9-10-20(22)23;1-2-3-6-15-12(5-4-9-19-15)11-20-16-10-13(17)7-8-14(16)18;1-12(2)13(3,4)19-14(18-12)10-7-6-8-11(9-10)15-20(5,16)17;1-2-3-6-10-9(8-12)5-4-7-11-10;7-6-5(4-9)2-1-3-8-6;7-4-1-2-5(8)6(9)3-4;1-3-4-2/h2*4-13,26H,3,14H2,1-2H3;4-5,7-10H,2,11H2,1H3;6-9,15H,1-5H3;4-5,7,12H,2,8H2,1H3;1-3,9H,4H2;1-3,9H;1H,4H2,2H3/b23-18+;23-18-;;;;;;. The SMILES string of the molecule is C#CCC.CC/C(=C1/c2ccc(F)cc2OCc2ncccc21)c1cccc(NS(C)(=O)=O)c1.CC/C(=C1\c2ccc(F)cc2OCc2ncccc21)c1cccc(NS(C)(=O)=O)c1.CC1(C)OB(c2cccc(NS(C)(=O)=O)c2)OC1(C)C.CCC#Cc1ncccc1CO.CCC#Cc1ncccc1COc1cc(F)ccc1I.OCc1cccnc1Br.Oc1cc(F)ccc1I. The normalized spacial score (nSPS) is 13.4. The first-order chi connectivity index (χ1) is 63.7. The molecule has 5 aromatic heterocycles. The maximum atomic E-state index is 13.9. The van der Waals surface area contributed by atoms with E-state index in [2.05, 4.69) is 107 Å². The van der Waals surface area contributed by atoms with Crippen molar-refractivity contribution in [2.45, 2.75) is 139 Å². The minimum absolute atomic E-state index is 0.00156. The second-order valence-electron chi connectivity index (χ2n) is 30.4. The summed E-state index contributed by atoms with van der Waals surface area (Å²) in [7, 11) is -10.6. The number of nitrogens with zero attached hydrogens (tertiary/aromatic N) is 5. The summed E-state index contributed by atoms with van der Waals surface area (Å²) in [5, 5.41) is 26.4. The number of pyridine rings is 5. The highest BCUT2D eigenvalue weighted by atomic mass is 127. The smallest absolute Gasteiger partial charge is 0.494 e. The molecule has 8 heterocycles. The number of halogens is 7. The summed E-state index contributed by atoms with van der Waals surface area (Å²) in [6.07, 6.45) is 20.4. The van der Waals surface area contributed by atoms with E-state index in [0.29, 0.717) is 73.3 Å². The Labute approximate surface area is 818 Å². The van der Waals surface area contributed by atoms with Crippen molar-refractivity contribution in [2.24, 2.45) is 0 Å². The van der Waals surface area contributed by atoms with E-state index in [0.717, 1.165) is 137 Å². The number of anilines is 3. The van der Waals surface area contributed by atoms with Gasteiger partial charge in [0.15, 0.2) is 0 Å². The van der Waals surface area contributed by atoms with Crippen LogP contribution in [0.4, 0.5) is 34.6 Å². The van der Waals surface area contributed by atoms with Crippen molar-refractivity contribution >= 4 is 143 Å². The van der Waals surface area contributed by atoms with E-state index in [1.807, 2.05) is 164 Å². The van der Waals surface area contributed by atoms with Crippen LogP contribution in [0.15, 0.2) is 242 Å². The highest BCUT2D eigenvalue weighted by Crippen LogP contribution is 2.45. The Kier molecular flexibility index (Phi) is 41.7. The fraction of sp³-hybridized carbons (Fsp3) is 0.238. The van der Waals surface area contributed by atoms with Crippen LogP contribution < -0.4 is 33.8 Å². The van der Waals surface area contributed by atoms with E-state index in [-0.39, 0.29) is 49.6 Å². The number of rotatable bonds is 16. The van der Waals surface area contributed by atoms with Crippen molar-refractivity contribution in [1.82, 2.24) is 24.9 Å². The number of aliphatic hydroxyl groups is 2. The van der Waals surface area contributed by atoms with Crippen molar-refractivity contribution < 1.29 is 81.7 Å². The molecule has 0 radical (unpaired) electrons. The summed E-state index contributed by atoms with van der Waals surface area (Å²) >= 11 is 7.23. The van der Waals surface area contributed by atoms with Crippen LogP contribution in [0.1, 0.15) is 167 Å². The molecule has 1 saturated heterocycles. The highest BCUT2D eigenvalue weighted by molar-refractivity contribution is 14.1. The van der Waals surface area contributed by atoms with Crippen molar-refractivity contribution in [3.8, 4) is 59.0 Å². The Bertz CT molecular complexity index is 6480. The molecule has 3 aliphatic heterocycles. The molecule has 0 amide bonds. The number of hydrogen-bond donors (Lipinski definition) is 6. The van der Waals surface area contributed by atoms with Crippen molar-refractivity contribution in [2.75, 3.05) is 32.9 Å². The minimum atomic E-state index is -3.40. The predicted octanol–water partition coefficient (Wildman–Crippen LogP) is 21.1. The molecule has 15 rings (SSSR count). The number of phenolic OH excluding ortho intramolecular Hbond substituents is 1. The van der Waals surface area contributed by atoms with Gasteiger partial charge >= 0.3 is 7.12 Å². The average molecular weight is 2170 g/mol. The Hall–Kier alpha value is -11.5. The highest BCUT2D eigenvalue weighted by Gasteiger charge is 2.52. The zero-order valence-corrected chi connectivity index (χ0v) is 84.0. The molecule has 1 fully saturated rings. The zero-order chi connectivity index (χ0) is 97.9. The first kappa shape index (κ1) is 108. The Morgan fingerprint density at radius 2 is 0.881 bits per heavy atom. The van der Waals surface area contributed by atoms with E-state index < -0.39 is 54.2 Å². The van der Waals surface area contributed by atoms with Gasteiger partial charge < -0.3 is 38.8 Å². The molecule has 0 unspecified atom stereocenters. The summed E-state index contributed by atoms with van der Waals surface area (Å²) in [5.41, 5.74) is 15.8. The molecule has 6 N–H and O–H groups in total. The van der Waals surface area contributed by atoms with E-state index in [1.54, 1.807) is 104 Å². The van der Waals surface area contributed by atoms with Crippen LogP contribution in [0.3, 0.4) is 0 Å². The molecule has 0 saturated carbocycles. The lowest BCUT2D eigenvalue weighted by Crippen LogP contribution is -2.41. The molecule has 12 aromatic rings.